The predicted octanol–water partition coefficient (Wildman–Crippen LogP) is 3.06. The van der Waals surface area contributed by atoms with Crippen molar-refractivity contribution in [3.05, 3.63) is 106 Å². The molecular weight excluding hydrogens is 456 g/mol. The molecule has 0 unspecified atom stereocenters. The maximum Gasteiger partial charge on any atom is 0.200 e. The van der Waals surface area contributed by atoms with Gasteiger partial charge in [0.2, 0.25) is 5.43 Å². The Morgan fingerprint density at radius 2 is 1.49 bits per heavy atom. The van der Waals surface area contributed by atoms with Gasteiger partial charge in [-0.15, -0.1) is 0 Å². The first kappa shape index (κ1) is 26.2. The molecule has 0 atom stereocenters. The van der Waals surface area contributed by atoms with Gasteiger partial charge in [0.15, 0.2) is 5.71 Å². The summed E-state index contributed by atoms with van der Waals surface area (Å²) in [7, 11) is 0. The van der Waals surface area contributed by atoms with Gasteiger partial charge in [-0.1, -0.05) is 24.3 Å². The lowest BCUT2D eigenvalue weighted by Gasteiger charge is -2.21. The maximum absolute atomic E-state index is 13.6. The molecule has 35 heavy (non-hydrogen) atoms. The van der Waals surface area contributed by atoms with E-state index in [9.17, 15) is 4.79 Å². The highest BCUT2D eigenvalue weighted by molar-refractivity contribution is 6.04. The fourth-order valence-electron chi connectivity index (χ4n) is 4.58. The molecule has 1 heterocycles. The van der Waals surface area contributed by atoms with Crippen LogP contribution in [0.5, 0.6) is 0 Å². The predicted molar refractivity (Wildman–Crippen MR) is 143 cm³/mol. The lowest BCUT2D eigenvalue weighted by molar-refractivity contribution is -0.519. The van der Waals surface area contributed by atoms with E-state index in [-0.39, 0.29) is 17.8 Å². The third kappa shape index (κ3) is 5.33. The van der Waals surface area contributed by atoms with Crippen LogP contribution < -0.4 is 22.7 Å². The van der Waals surface area contributed by atoms with Crippen LogP contribution in [0.15, 0.2) is 93.9 Å². The van der Waals surface area contributed by atoms with Gasteiger partial charge in [-0.25, -0.2) is 4.58 Å². The van der Waals surface area contributed by atoms with Gasteiger partial charge < -0.3 is 21.7 Å². The summed E-state index contributed by atoms with van der Waals surface area (Å²) in [5, 5.41) is 0.594. The fourth-order valence-corrected chi connectivity index (χ4v) is 4.58. The molecule has 0 radical (unpaired) electrons. The smallest absolute Gasteiger partial charge is 0.200 e. The van der Waals surface area contributed by atoms with Gasteiger partial charge in [-0.05, 0) is 75.2 Å². The van der Waals surface area contributed by atoms with Gasteiger partial charge in [0.1, 0.15) is 24.9 Å². The Kier molecular flexibility index (Phi) is 8.89. The molecule has 0 saturated carbocycles. The Bertz CT molecular complexity index is 1330. The minimum atomic E-state index is -0.0162. The van der Waals surface area contributed by atoms with Crippen LogP contribution in [0.4, 0.5) is 5.69 Å². The van der Waals surface area contributed by atoms with Gasteiger partial charge in [0.05, 0.1) is 10.9 Å². The van der Waals surface area contributed by atoms with E-state index in [0.29, 0.717) is 16.5 Å². The van der Waals surface area contributed by atoms with E-state index < -0.39 is 0 Å². The van der Waals surface area contributed by atoms with Crippen LogP contribution in [0.25, 0.3) is 16.5 Å². The first-order chi connectivity index (χ1) is 16.6. The highest BCUT2D eigenvalue weighted by atomic mass is 35.5. The fraction of sp³-hybridized carbons (Fsp3) is 0.267. The Morgan fingerprint density at radius 1 is 0.857 bits per heavy atom. The minimum absolute atomic E-state index is 0. The number of anilines is 1. The van der Waals surface area contributed by atoms with Crippen LogP contribution >= 0.6 is 0 Å². The molecule has 5 heteroatoms. The van der Waals surface area contributed by atoms with Crippen molar-refractivity contribution >= 4 is 27.9 Å². The summed E-state index contributed by atoms with van der Waals surface area (Å²) >= 11 is 0. The van der Waals surface area contributed by atoms with Crippen LogP contribution in [-0.4, -0.2) is 36.5 Å². The lowest BCUT2D eigenvalue weighted by Crippen LogP contribution is -3.00. The molecule has 0 N–H and O–H groups in total. The summed E-state index contributed by atoms with van der Waals surface area (Å²) in [6, 6.07) is 15.9. The van der Waals surface area contributed by atoms with Gasteiger partial charge in [0.25, 0.3) is 0 Å². The number of hydrogen-bond donors (Lipinski definition) is 0. The number of benzene rings is 2. The molecule has 0 aliphatic heterocycles. The average molecular weight is 489 g/mol. The molecular formula is C30H33ClN2O2. The summed E-state index contributed by atoms with van der Waals surface area (Å²) in [5.74, 6) is 0. The topological polar surface area (TPSA) is 36.5 Å². The van der Waals surface area contributed by atoms with Gasteiger partial charge in [-0.2, -0.15) is 0 Å². The molecule has 1 aromatic heterocycles. The first-order valence-corrected chi connectivity index (χ1v) is 12.2. The second-order valence-corrected chi connectivity index (χ2v) is 8.29. The van der Waals surface area contributed by atoms with E-state index in [1.807, 2.05) is 24.3 Å². The number of fused-ring (bicyclic) bond motifs is 1. The van der Waals surface area contributed by atoms with Crippen molar-refractivity contribution in [1.82, 2.24) is 0 Å². The second kappa shape index (κ2) is 11.9. The Hall–Kier alpha value is -3.37. The molecule has 4 rings (SSSR count). The minimum Gasteiger partial charge on any atom is -1.00 e. The highest BCUT2D eigenvalue weighted by Crippen LogP contribution is 2.30. The number of nitrogens with zero attached hydrogens (tertiary/aromatic N) is 2. The standard InChI is InChI=1S/C30H33N2O2.ClH/c1-5-31(6-2)24-17-13-22(14-18-24)29(23-15-19-25(20-16-23)32(7-3)8-4)27-21-34-28-12-10-9-11-26(28)30(27)33;/h9-21H,5-8H2,1-4H3;1H/q+1;/p-1. The third-order valence-corrected chi connectivity index (χ3v) is 6.52. The molecule has 0 fully saturated rings. The van der Waals surface area contributed by atoms with E-state index in [0.717, 1.165) is 42.9 Å². The Labute approximate surface area is 214 Å². The lowest BCUT2D eigenvalue weighted by atomic mass is 9.91. The Morgan fingerprint density at radius 3 is 2.09 bits per heavy atom. The quantitative estimate of drug-likeness (QED) is 0.480. The molecule has 1 aliphatic rings. The number of allylic oxidation sites excluding steroid dienone is 5. The number of rotatable bonds is 7. The van der Waals surface area contributed by atoms with E-state index in [1.54, 1.807) is 6.26 Å². The van der Waals surface area contributed by atoms with Crippen LogP contribution in [0.2, 0.25) is 0 Å². The SMILES string of the molecule is CCN(CC)c1ccc(C(=C2C=CC(=[N+](CC)CC)C=C2)c2coc3ccccc3c2=O)cc1.[Cl-]. The van der Waals surface area contributed by atoms with Crippen molar-refractivity contribution in [3.63, 3.8) is 0 Å². The number of hydrogen-bond acceptors (Lipinski definition) is 3. The number of para-hydroxylation sites is 1. The van der Waals surface area contributed by atoms with Crippen molar-refractivity contribution < 1.29 is 21.4 Å². The van der Waals surface area contributed by atoms with Gasteiger partial charge in [0, 0.05) is 36.5 Å². The van der Waals surface area contributed by atoms with Gasteiger partial charge >= 0.3 is 0 Å². The van der Waals surface area contributed by atoms with Crippen molar-refractivity contribution in [2.45, 2.75) is 27.7 Å². The van der Waals surface area contributed by atoms with Crippen LogP contribution in [0.1, 0.15) is 38.8 Å². The Balaban J connectivity index is 0.00000342. The summed E-state index contributed by atoms with van der Waals surface area (Å²) < 4.78 is 8.22. The summed E-state index contributed by atoms with van der Waals surface area (Å²) in [4.78, 5) is 15.9. The van der Waals surface area contributed by atoms with E-state index in [2.05, 4.69) is 85.7 Å². The van der Waals surface area contributed by atoms with Crippen LogP contribution in [-0.2, 0) is 0 Å². The molecule has 0 bridgehead atoms. The molecule has 0 amide bonds. The zero-order valence-electron chi connectivity index (χ0n) is 20.9. The van der Waals surface area contributed by atoms with E-state index >= 15 is 0 Å². The molecule has 2 aromatic carbocycles. The summed E-state index contributed by atoms with van der Waals surface area (Å²) in [5.41, 5.74) is 6.39. The highest BCUT2D eigenvalue weighted by Gasteiger charge is 2.18. The second-order valence-electron chi connectivity index (χ2n) is 8.29. The van der Waals surface area contributed by atoms with Crippen molar-refractivity contribution in [2.24, 2.45) is 0 Å². The van der Waals surface area contributed by atoms with Gasteiger partial charge in [-0.3, -0.25) is 4.79 Å². The molecule has 1 aliphatic carbocycles. The third-order valence-electron chi connectivity index (χ3n) is 6.52. The average Bonchev–Trinajstić information content (AvgIpc) is 2.89. The molecule has 3 aromatic rings. The summed E-state index contributed by atoms with van der Waals surface area (Å²) in [6.07, 6.45) is 10.1. The maximum atomic E-state index is 13.6. The summed E-state index contributed by atoms with van der Waals surface area (Å²) in [6.45, 7) is 12.4. The van der Waals surface area contributed by atoms with E-state index in [4.69, 9.17) is 4.42 Å². The normalized spacial score (nSPS) is 12.6. The van der Waals surface area contributed by atoms with Crippen LogP contribution in [0, 0.1) is 0 Å². The van der Waals surface area contributed by atoms with E-state index in [1.165, 1.54) is 11.4 Å². The molecule has 182 valence electrons. The van der Waals surface area contributed by atoms with Crippen LogP contribution in [0.3, 0.4) is 0 Å². The number of halogens is 1. The molecule has 0 saturated heterocycles. The first-order valence-electron chi connectivity index (χ1n) is 12.2. The monoisotopic (exact) mass is 488 g/mol. The zero-order valence-corrected chi connectivity index (χ0v) is 21.7. The largest absolute Gasteiger partial charge is 1.00 e. The van der Waals surface area contributed by atoms with Crippen molar-refractivity contribution in [1.29, 1.82) is 0 Å². The molecule has 0 spiro atoms. The molecule has 4 nitrogen and oxygen atoms in total. The van der Waals surface area contributed by atoms with Crippen molar-refractivity contribution in [3.8, 4) is 0 Å². The van der Waals surface area contributed by atoms with Crippen molar-refractivity contribution in [2.75, 3.05) is 31.1 Å². The zero-order chi connectivity index (χ0) is 24.1.